The largest absolute Gasteiger partial charge is 0.336 e. The van der Waals surface area contributed by atoms with E-state index in [2.05, 4.69) is 0 Å². The normalized spacial score (nSPS) is 18.6. The average Bonchev–Trinajstić information content (AvgIpc) is 2.88. The molecule has 0 spiro atoms. The topological polar surface area (TPSA) is 46.3 Å². The Kier molecular flexibility index (Phi) is 4.70. The number of carbonyl (C=O) groups excluding carboxylic acids is 1. The molecule has 0 aromatic heterocycles. The van der Waals surface area contributed by atoms with Crippen LogP contribution in [0.3, 0.4) is 0 Å². The van der Waals surface area contributed by atoms with E-state index >= 15 is 0 Å². The molecule has 1 atom stereocenters. The Labute approximate surface area is 117 Å². The van der Waals surface area contributed by atoms with E-state index in [-0.39, 0.29) is 23.1 Å². The molecular weight excluding hydrogens is 262 g/mol. The van der Waals surface area contributed by atoms with Gasteiger partial charge in [-0.05, 0) is 50.8 Å². The number of nitrogens with two attached hydrogens (primary N) is 1. The minimum Gasteiger partial charge on any atom is -0.336 e. The molecule has 0 saturated carbocycles. The fourth-order valence-corrected chi connectivity index (χ4v) is 2.73. The van der Waals surface area contributed by atoms with Crippen molar-refractivity contribution in [3.8, 4) is 0 Å². The van der Waals surface area contributed by atoms with Crippen molar-refractivity contribution in [2.24, 2.45) is 5.73 Å². The van der Waals surface area contributed by atoms with Crippen LogP contribution >= 0.6 is 0 Å². The number of likely N-dealkylation sites (tertiary alicyclic amines) is 1. The Hall–Kier alpha value is -1.49. The molecule has 1 aromatic carbocycles. The zero-order valence-corrected chi connectivity index (χ0v) is 11.7. The van der Waals surface area contributed by atoms with E-state index in [1.165, 1.54) is 13.0 Å². The molecule has 0 aliphatic carbocycles. The molecule has 110 valence electrons. The smallest absolute Gasteiger partial charge is 0.257 e. The highest BCUT2D eigenvalue weighted by Crippen LogP contribution is 2.25. The Morgan fingerprint density at radius 2 is 2.15 bits per heavy atom. The van der Waals surface area contributed by atoms with Crippen molar-refractivity contribution >= 4 is 5.91 Å². The maximum absolute atomic E-state index is 13.8. The molecule has 5 heteroatoms. The van der Waals surface area contributed by atoms with E-state index in [4.69, 9.17) is 5.73 Å². The summed E-state index contributed by atoms with van der Waals surface area (Å²) in [5.41, 5.74) is 5.74. The maximum atomic E-state index is 13.8. The van der Waals surface area contributed by atoms with Gasteiger partial charge in [0.05, 0.1) is 5.56 Å². The average molecular weight is 282 g/mol. The molecule has 20 heavy (non-hydrogen) atoms. The van der Waals surface area contributed by atoms with E-state index in [1.807, 2.05) is 0 Å². The molecule has 3 nitrogen and oxygen atoms in total. The monoisotopic (exact) mass is 282 g/mol. The van der Waals surface area contributed by atoms with Crippen molar-refractivity contribution in [3.05, 3.63) is 34.9 Å². The van der Waals surface area contributed by atoms with Crippen molar-refractivity contribution in [1.29, 1.82) is 0 Å². The molecule has 1 saturated heterocycles. The van der Waals surface area contributed by atoms with Gasteiger partial charge in [0.2, 0.25) is 0 Å². The van der Waals surface area contributed by atoms with E-state index in [9.17, 15) is 13.6 Å². The van der Waals surface area contributed by atoms with Crippen molar-refractivity contribution in [2.75, 3.05) is 13.1 Å². The van der Waals surface area contributed by atoms with E-state index in [1.54, 1.807) is 4.90 Å². The SMILES string of the molecule is Cc1cc(C(=O)N2CCCC2CCCN)c(F)cc1F. The minimum absolute atomic E-state index is 0.0384. The van der Waals surface area contributed by atoms with Crippen LogP contribution in [-0.4, -0.2) is 29.9 Å². The second kappa shape index (κ2) is 6.31. The van der Waals surface area contributed by atoms with Gasteiger partial charge in [0.15, 0.2) is 0 Å². The molecule has 1 aliphatic heterocycles. The number of rotatable bonds is 4. The van der Waals surface area contributed by atoms with Crippen molar-refractivity contribution in [3.63, 3.8) is 0 Å². The van der Waals surface area contributed by atoms with Crippen molar-refractivity contribution in [1.82, 2.24) is 4.90 Å². The number of hydrogen-bond acceptors (Lipinski definition) is 2. The molecule has 2 rings (SSSR count). The predicted molar refractivity (Wildman–Crippen MR) is 73.4 cm³/mol. The summed E-state index contributed by atoms with van der Waals surface area (Å²) in [5.74, 6) is -1.76. The van der Waals surface area contributed by atoms with Gasteiger partial charge in [0.25, 0.3) is 5.91 Å². The fraction of sp³-hybridized carbons (Fsp3) is 0.533. The van der Waals surface area contributed by atoms with Gasteiger partial charge < -0.3 is 10.6 Å². The second-order valence-electron chi connectivity index (χ2n) is 5.31. The second-order valence-corrected chi connectivity index (χ2v) is 5.31. The highest BCUT2D eigenvalue weighted by atomic mass is 19.1. The van der Waals surface area contributed by atoms with Crippen LogP contribution in [0, 0.1) is 18.6 Å². The molecule has 1 amide bonds. The van der Waals surface area contributed by atoms with Gasteiger partial charge in [0, 0.05) is 18.7 Å². The van der Waals surface area contributed by atoms with E-state index in [0.29, 0.717) is 13.1 Å². The van der Waals surface area contributed by atoms with E-state index in [0.717, 1.165) is 31.7 Å². The van der Waals surface area contributed by atoms with Crippen LogP contribution in [0.2, 0.25) is 0 Å². The van der Waals surface area contributed by atoms with Crippen LogP contribution < -0.4 is 5.73 Å². The summed E-state index contributed by atoms with van der Waals surface area (Å²) in [4.78, 5) is 14.1. The van der Waals surface area contributed by atoms with Crippen LogP contribution in [0.1, 0.15) is 41.6 Å². The lowest BCUT2D eigenvalue weighted by atomic mass is 10.1. The number of halogens is 2. The lowest BCUT2D eigenvalue weighted by Crippen LogP contribution is -2.36. The number of benzene rings is 1. The lowest BCUT2D eigenvalue weighted by molar-refractivity contribution is 0.0724. The molecule has 0 radical (unpaired) electrons. The van der Waals surface area contributed by atoms with Crippen molar-refractivity contribution in [2.45, 2.75) is 38.6 Å². The Bertz CT molecular complexity index is 505. The predicted octanol–water partition coefficient (Wildman–Crippen LogP) is 2.62. The summed E-state index contributed by atoms with van der Waals surface area (Å²) in [7, 11) is 0. The van der Waals surface area contributed by atoms with Crippen LogP contribution in [0.4, 0.5) is 8.78 Å². The zero-order chi connectivity index (χ0) is 14.7. The first-order chi connectivity index (χ1) is 9.54. The summed E-state index contributed by atoms with van der Waals surface area (Å²) in [6, 6.07) is 2.20. The van der Waals surface area contributed by atoms with E-state index < -0.39 is 11.6 Å². The minimum atomic E-state index is -0.789. The standard InChI is InChI=1S/C15H20F2N2O/c1-10-8-12(14(17)9-13(10)16)15(20)19-7-3-5-11(19)4-2-6-18/h8-9,11H,2-7,18H2,1H3. The third kappa shape index (κ3) is 2.98. The number of hydrogen-bond donors (Lipinski definition) is 1. The molecule has 1 fully saturated rings. The number of nitrogens with zero attached hydrogens (tertiary/aromatic N) is 1. The highest BCUT2D eigenvalue weighted by molar-refractivity contribution is 5.95. The quantitative estimate of drug-likeness (QED) is 0.922. The summed E-state index contributed by atoms with van der Waals surface area (Å²) in [6.07, 6.45) is 3.53. The number of aryl methyl sites for hydroxylation is 1. The highest BCUT2D eigenvalue weighted by Gasteiger charge is 2.30. The van der Waals surface area contributed by atoms with Gasteiger partial charge in [-0.1, -0.05) is 0 Å². The maximum Gasteiger partial charge on any atom is 0.257 e. The van der Waals surface area contributed by atoms with Crippen LogP contribution in [0.5, 0.6) is 0 Å². The summed E-state index contributed by atoms with van der Waals surface area (Å²) in [6.45, 7) is 2.74. The number of amides is 1. The van der Waals surface area contributed by atoms with Crippen LogP contribution in [0.15, 0.2) is 12.1 Å². The fourth-order valence-electron chi connectivity index (χ4n) is 2.73. The van der Waals surface area contributed by atoms with Gasteiger partial charge in [-0.3, -0.25) is 4.79 Å². The van der Waals surface area contributed by atoms with Gasteiger partial charge >= 0.3 is 0 Å². The third-order valence-corrected chi connectivity index (χ3v) is 3.86. The Balaban J connectivity index is 2.20. The molecule has 2 N–H and O–H groups in total. The molecule has 1 aliphatic rings. The summed E-state index contributed by atoms with van der Waals surface area (Å²) < 4.78 is 27.1. The lowest BCUT2D eigenvalue weighted by Gasteiger charge is -2.25. The summed E-state index contributed by atoms with van der Waals surface area (Å²) in [5, 5.41) is 0. The van der Waals surface area contributed by atoms with Crippen LogP contribution in [-0.2, 0) is 0 Å². The molecule has 1 heterocycles. The van der Waals surface area contributed by atoms with Gasteiger partial charge in [0.1, 0.15) is 11.6 Å². The Morgan fingerprint density at radius 3 is 2.85 bits per heavy atom. The molecule has 0 bridgehead atoms. The first-order valence-electron chi connectivity index (χ1n) is 7.01. The first-order valence-corrected chi connectivity index (χ1v) is 7.01. The first kappa shape index (κ1) is 14.9. The van der Waals surface area contributed by atoms with Crippen LogP contribution in [0.25, 0.3) is 0 Å². The molecule has 1 aromatic rings. The van der Waals surface area contributed by atoms with Gasteiger partial charge in [-0.15, -0.1) is 0 Å². The Morgan fingerprint density at radius 1 is 1.40 bits per heavy atom. The molecular formula is C15H20F2N2O. The van der Waals surface area contributed by atoms with Crippen molar-refractivity contribution < 1.29 is 13.6 Å². The summed E-state index contributed by atoms with van der Waals surface area (Å²) >= 11 is 0. The van der Waals surface area contributed by atoms with Gasteiger partial charge in [-0.2, -0.15) is 0 Å². The third-order valence-electron chi connectivity index (χ3n) is 3.86. The van der Waals surface area contributed by atoms with Gasteiger partial charge in [-0.25, -0.2) is 8.78 Å². The molecule has 1 unspecified atom stereocenters. The zero-order valence-electron chi connectivity index (χ0n) is 11.7. The number of carbonyl (C=O) groups is 1.